The van der Waals surface area contributed by atoms with Gasteiger partial charge >= 0.3 is 12.2 Å². The Morgan fingerprint density at radius 3 is 2.24 bits per heavy atom. The van der Waals surface area contributed by atoms with Crippen molar-refractivity contribution < 1.29 is 27.0 Å². The monoisotopic (exact) mass is 354 g/mol. The molecule has 0 fully saturated rings. The summed E-state index contributed by atoms with van der Waals surface area (Å²) in [4.78, 5) is 4.17. The zero-order chi connectivity index (χ0) is 18.1. The fourth-order valence-electron chi connectivity index (χ4n) is 2.27. The highest BCUT2D eigenvalue weighted by atomic mass is 19.3. The molecule has 0 amide bonds. The maximum absolute atomic E-state index is 13.2. The minimum Gasteiger partial charge on any atom is -0.421 e. The van der Waals surface area contributed by atoms with Gasteiger partial charge in [-0.25, -0.2) is 0 Å². The summed E-state index contributed by atoms with van der Waals surface area (Å²) in [6.07, 6.45) is -8.86. The number of halogens is 4. The van der Waals surface area contributed by atoms with Gasteiger partial charge in [0.25, 0.3) is 0 Å². The van der Waals surface area contributed by atoms with E-state index in [9.17, 15) is 17.6 Å². The van der Waals surface area contributed by atoms with Crippen LogP contribution in [0.4, 0.5) is 17.6 Å². The molecule has 0 unspecified atom stereocenters. The van der Waals surface area contributed by atoms with E-state index in [-0.39, 0.29) is 11.4 Å². The number of rotatable bonds is 4. The molecule has 2 N–H and O–H groups in total. The zero-order valence-corrected chi connectivity index (χ0v) is 12.9. The Morgan fingerprint density at radius 1 is 0.920 bits per heavy atom. The van der Waals surface area contributed by atoms with E-state index in [0.29, 0.717) is 13.0 Å². The lowest BCUT2D eigenvalue weighted by Crippen LogP contribution is -2.52. The molecule has 1 heterocycles. The van der Waals surface area contributed by atoms with Crippen LogP contribution in [0.1, 0.15) is 11.1 Å². The Bertz CT molecular complexity index is 794. The molecule has 0 saturated heterocycles. The van der Waals surface area contributed by atoms with E-state index < -0.39 is 23.7 Å². The Labute approximate surface area is 140 Å². The van der Waals surface area contributed by atoms with Crippen molar-refractivity contribution >= 4 is 5.84 Å². The van der Waals surface area contributed by atoms with Gasteiger partial charge in [-0.05, 0) is 30.2 Å². The SMILES string of the molecule is NC(=NCCc1ccccc1)c1ccc2c(c1)OC(F)(F)C(F)(F)O2. The van der Waals surface area contributed by atoms with Gasteiger partial charge in [0, 0.05) is 12.1 Å². The number of benzene rings is 2. The van der Waals surface area contributed by atoms with Gasteiger partial charge in [0.05, 0.1) is 0 Å². The predicted molar refractivity (Wildman–Crippen MR) is 83.3 cm³/mol. The van der Waals surface area contributed by atoms with E-state index in [0.717, 1.165) is 17.7 Å². The molecule has 1 aliphatic heterocycles. The van der Waals surface area contributed by atoms with Gasteiger partial charge in [-0.15, -0.1) is 0 Å². The van der Waals surface area contributed by atoms with E-state index in [1.165, 1.54) is 6.07 Å². The largest absolute Gasteiger partial charge is 0.507 e. The molecule has 0 radical (unpaired) electrons. The Kier molecular flexibility index (Phi) is 4.28. The number of alkyl halides is 4. The van der Waals surface area contributed by atoms with E-state index in [1.807, 2.05) is 30.3 Å². The number of nitrogens with two attached hydrogens (primary N) is 1. The quantitative estimate of drug-likeness (QED) is 0.519. The number of ether oxygens (including phenoxy) is 2. The lowest BCUT2D eigenvalue weighted by atomic mass is 10.1. The van der Waals surface area contributed by atoms with Crippen LogP contribution < -0.4 is 15.2 Å². The Morgan fingerprint density at radius 2 is 1.56 bits per heavy atom. The van der Waals surface area contributed by atoms with Crippen molar-refractivity contribution in [3.8, 4) is 11.5 Å². The fraction of sp³-hybridized carbons (Fsp3) is 0.235. The summed E-state index contributed by atoms with van der Waals surface area (Å²) >= 11 is 0. The molecule has 2 aromatic rings. The van der Waals surface area contributed by atoms with Gasteiger partial charge in [-0.3, -0.25) is 4.99 Å². The van der Waals surface area contributed by atoms with Crippen molar-refractivity contribution in [3.05, 3.63) is 59.7 Å². The van der Waals surface area contributed by atoms with Crippen LogP contribution in [0.2, 0.25) is 0 Å². The van der Waals surface area contributed by atoms with E-state index >= 15 is 0 Å². The van der Waals surface area contributed by atoms with Crippen molar-refractivity contribution in [3.63, 3.8) is 0 Å². The van der Waals surface area contributed by atoms with E-state index in [1.54, 1.807) is 0 Å². The van der Waals surface area contributed by atoms with Gasteiger partial charge in [-0.1, -0.05) is 30.3 Å². The number of hydrogen-bond acceptors (Lipinski definition) is 3. The molecule has 0 spiro atoms. The molecular weight excluding hydrogens is 340 g/mol. The first-order valence-corrected chi connectivity index (χ1v) is 7.40. The summed E-state index contributed by atoms with van der Waals surface area (Å²) in [5.74, 6) is -0.922. The molecule has 4 nitrogen and oxygen atoms in total. The van der Waals surface area contributed by atoms with Crippen molar-refractivity contribution in [1.29, 1.82) is 0 Å². The highest BCUT2D eigenvalue weighted by molar-refractivity contribution is 5.98. The Hall–Kier alpha value is -2.77. The third kappa shape index (κ3) is 3.52. The van der Waals surface area contributed by atoms with E-state index in [2.05, 4.69) is 14.5 Å². The third-order valence-electron chi connectivity index (χ3n) is 3.58. The molecule has 0 saturated carbocycles. The number of hydrogen-bond donors (Lipinski definition) is 1. The van der Waals surface area contributed by atoms with Crippen LogP contribution in [-0.4, -0.2) is 24.6 Å². The summed E-state index contributed by atoms with van der Waals surface area (Å²) in [6.45, 7) is 0.387. The highest BCUT2D eigenvalue weighted by Crippen LogP contribution is 2.46. The molecular formula is C17H14F4N2O2. The summed E-state index contributed by atoms with van der Waals surface area (Å²) in [5, 5.41) is 0. The third-order valence-corrected chi connectivity index (χ3v) is 3.58. The zero-order valence-electron chi connectivity index (χ0n) is 12.9. The molecule has 0 aliphatic carbocycles. The minimum absolute atomic E-state index is 0.0861. The molecule has 8 heteroatoms. The summed E-state index contributed by atoms with van der Waals surface area (Å²) in [6, 6.07) is 13.1. The fourth-order valence-corrected chi connectivity index (χ4v) is 2.27. The molecule has 1 aliphatic rings. The molecule has 25 heavy (non-hydrogen) atoms. The second-order valence-corrected chi connectivity index (χ2v) is 5.40. The average molecular weight is 354 g/mol. The number of aliphatic imine (C=N–C) groups is 1. The Balaban J connectivity index is 1.74. The lowest BCUT2D eigenvalue weighted by Gasteiger charge is -2.31. The smallest absolute Gasteiger partial charge is 0.421 e. The first-order valence-electron chi connectivity index (χ1n) is 7.40. The van der Waals surface area contributed by atoms with Crippen molar-refractivity contribution in [1.82, 2.24) is 0 Å². The molecule has 132 valence electrons. The van der Waals surface area contributed by atoms with Crippen LogP contribution in [0.5, 0.6) is 11.5 Å². The van der Waals surface area contributed by atoms with Crippen LogP contribution in [0.25, 0.3) is 0 Å². The highest BCUT2D eigenvalue weighted by Gasteiger charge is 2.65. The first-order chi connectivity index (χ1) is 11.8. The number of fused-ring (bicyclic) bond motifs is 1. The maximum atomic E-state index is 13.2. The first kappa shape index (κ1) is 17.1. The maximum Gasteiger partial charge on any atom is 0.507 e. The summed E-state index contributed by atoms with van der Waals surface area (Å²) in [7, 11) is 0. The topological polar surface area (TPSA) is 56.8 Å². The van der Waals surface area contributed by atoms with Gasteiger partial charge < -0.3 is 15.2 Å². The predicted octanol–water partition coefficient (Wildman–Crippen LogP) is 3.59. The average Bonchev–Trinajstić information content (AvgIpc) is 2.56. The second kappa shape index (κ2) is 6.27. The molecule has 0 bridgehead atoms. The van der Waals surface area contributed by atoms with Gasteiger partial charge in [0.1, 0.15) is 5.84 Å². The van der Waals surface area contributed by atoms with Crippen molar-refractivity contribution in [2.45, 2.75) is 18.6 Å². The molecule has 0 atom stereocenters. The molecule has 0 aromatic heterocycles. The second-order valence-electron chi connectivity index (χ2n) is 5.40. The molecule has 2 aromatic carbocycles. The number of nitrogens with zero attached hydrogens (tertiary/aromatic N) is 1. The van der Waals surface area contributed by atoms with Crippen LogP contribution >= 0.6 is 0 Å². The van der Waals surface area contributed by atoms with Gasteiger partial charge in [0.2, 0.25) is 0 Å². The minimum atomic E-state index is -4.77. The van der Waals surface area contributed by atoms with Crippen molar-refractivity contribution in [2.24, 2.45) is 10.7 Å². The van der Waals surface area contributed by atoms with E-state index in [4.69, 9.17) is 5.73 Å². The van der Waals surface area contributed by atoms with Gasteiger partial charge in [-0.2, -0.15) is 17.6 Å². The summed E-state index contributed by atoms with van der Waals surface area (Å²) in [5.41, 5.74) is 7.18. The van der Waals surface area contributed by atoms with Crippen molar-refractivity contribution in [2.75, 3.05) is 6.54 Å². The van der Waals surface area contributed by atoms with Crippen LogP contribution in [0, 0.1) is 0 Å². The standard InChI is InChI=1S/C17H14F4N2O2/c18-16(19)17(20,21)25-14-10-12(6-7-13(14)24-16)15(22)23-9-8-11-4-2-1-3-5-11/h1-7,10H,8-9H2,(H2,22,23). The number of amidine groups is 1. The lowest BCUT2D eigenvalue weighted by molar-refractivity contribution is -0.391. The normalized spacial score (nSPS) is 18.0. The summed E-state index contributed by atoms with van der Waals surface area (Å²) < 4.78 is 60.8. The van der Waals surface area contributed by atoms with Crippen LogP contribution in [0.3, 0.4) is 0 Å². The van der Waals surface area contributed by atoms with Crippen LogP contribution in [0.15, 0.2) is 53.5 Å². The van der Waals surface area contributed by atoms with Gasteiger partial charge in [0.15, 0.2) is 11.5 Å². The van der Waals surface area contributed by atoms with Crippen LogP contribution in [-0.2, 0) is 6.42 Å². The molecule has 3 rings (SSSR count).